The Morgan fingerprint density at radius 2 is 0.870 bits per heavy atom. The first kappa shape index (κ1) is 31.8. The quantitative estimate of drug-likeness (QED) is 0.162. The van der Waals surface area contributed by atoms with Gasteiger partial charge in [-0.15, -0.1) is 0 Å². The molecule has 1 aliphatic rings. The predicted molar refractivity (Wildman–Crippen MR) is 229 cm³/mol. The molecule has 0 saturated heterocycles. The molecule has 0 aliphatic heterocycles. The van der Waals surface area contributed by atoms with Crippen LogP contribution in [0.1, 0.15) is 18.4 Å². The number of fused-ring (bicyclic) bond motifs is 4. The summed E-state index contributed by atoms with van der Waals surface area (Å²) in [6, 6.07) is 70.5. The maximum atomic E-state index is 2.42. The van der Waals surface area contributed by atoms with Gasteiger partial charge in [0.25, 0.3) is 0 Å². The Morgan fingerprint density at radius 3 is 1.52 bits per heavy atom. The predicted octanol–water partition coefficient (Wildman–Crippen LogP) is 14.2. The van der Waals surface area contributed by atoms with Gasteiger partial charge in [-0.3, -0.25) is 0 Å². The van der Waals surface area contributed by atoms with Crippen LogP contribution in [-0.2, 0) is 0 Å². The standard InChI is InChI=1S/C52H38N2/c1-3-13-37(14-4-1)38-23-29-44(30-24-38)53(50-21-11-9-19-47(50)41-15-5-2-6-16-41)45-31-25-39(26-32-45)40-27-33-46(34-28-40)54-51-22-12-10-20-48(51)49-35-42-17-7-8-18-43(42)36-52(49)54/h1-8,10,12-36H,9,11H2. The number of benzene rings is 8. The number of hydrogen-bond acceptors (Lipinski definition) is 1. The molecule has 54 heavy (non-hydrogen) atoms. The van der Waals surface area contributed by atoms with E-state index in [1.165, 1.54) is 71.7 Å². The van der Waals surface area contributed by atoms with Crippen LogP contribution in [0.15, 0.2) is 212 Å². The lowest BCUT2D eigenvalue weighted by Gasteiger charge is -2.31. The zero-order valence-corrected chi connectivity index (χ0v) is 29.9. The number of nitrogens with zero attached hydrogens (tertiary/aromatic N) is 2. The van der Waals surface area contributed by atoms with E-state index < -0.39 is 0 Å². The second-order valence-electron chi connectivity index (χ2n) is 14.1. The van der Waals surface area contributed by atoms with Crippen molar-refractivity contribution in [2.24, 2.45) is 0 Å². The Labute approximate surface area is 316 Å². The summed E-state index contributed by atoms with van der Waals surface area (Å²) >= 11 is 0. The second kappa shape index (κ2) is 13.6. The molecule has 0 atom stereocenters. The van der Waals surface area contributed by atoms with Crippen LogP contribution in [0.3, 0.4) is 0 Å². The molecule has 1 aliphatic carbocycles. The van der Waals surface area contributed by atoms with Crippen molar-refractivity contribution >= 4 is 49.5 Å². The molecule has 0 unspecified atom stereocenters. The number of aromatic nitrogens is 1. The van der Waals surface area contributed by atoms with E-state index in [9.17, 15) is 0 Å². The molecular weight excluding hydrogens is 653 g/mol. The summed E-state index contributed by atoms with van der Waals surface area (Å²) in [6.07, 6.45) is 6.84. The summed E-state index contributed by atoms with van der Waals surface area (Å²) in [5.74, 6) is 0. The van der Waals surface area contributed by atoms with E-state index in [0.717, 1.165) is 29.9 Å². The van der Waals surface area contributed by atoms with Gasteiger partial charge in [-0.25, -0.2) is 0 Å². The van der Waals surface area contributed by atoms with E-state index in [2.05, 4.69) is 216 Å². The largest absolute Gasteiger partial charge is 0.310 e. The molecule has 8 aromatic carbocycles. The van der Waals surface area contributed by atoms with Crippen molar-refractivity contribution in [2.45, 2.75) is 12.8 Å². The Bertz CT molecular complexity index is 2820. The molecule has 0 amide bonds. The Kier molecular flexibility index (Phi) is 8.00. The molecule has 0 N–H and O–H groups in total. The summed E-state index contributed by atoms with van der Waals surface area (Å²) in [6.45, 7) is 0. The molecule has 2 heteroatoms. The fraction of sp³-hybridized carbons (Fsp3) is 0.0385. The Morgan fingerprint density at radius 1 is 0.370 bits per heavy atom. The molecule has 1 aromatic heterocycles. The topological polar surface area (TPSA) is 8.17 Å². The molecule has 256 valence electrons. The van der Waals surface area contributed by atoms with Crippen molar-refractivity contribution in [3.63, 3.8) is 0 Å². The van der Waals surface area contributed by atoms with Crippen LogP contribution >= 0.6 is 0 Å². The third kappa shape index (κ3) is 5.70. The van der Waals surface area contributed by atoms with Gasteiger partial charge in [0.05, 0.1) is 11.0 Å². The van der Waals surface area contributed by atoms with E-state index in [1.54, 1.807) is 0 Å². The minimum Gasteiger partial charge on any atom is -0.310 e. The van der Waals surface area contributed by atoms with Crippen LogP contribution in [-0.4, -0.2) is 4.57 Å². The Hall–Kier alpha value is -6.90. The van der Waals surface area contributed by atoms with Gasteiger partial charge < -0.3 is 9.47 Å². The van der Waals surface area contributed by atoms with Crippen molar-refractivity contribution in [1.82, 2.24) is 4.57 Å². The zero-order valence-electron chi connectivity index (χ0n) is 29.9. The molecule has 10 rings (SSSR count). The molecular formula is C52H38N2. The van der Waals surface area contributed by atoms with Gasteiger partial charge in [0.15, 0.2) is 0 Å². The van der Waals surface area contributed by atoms with Crippen molar-refractivity contribution in [2.75, 3.05) is 4.90 Å². The monoisotopic (exact) mass is 690 g/mol. The van der Waals surface area contributed by atoms with E-state index >= 15 is 0 Å². The zero-order chi connectivity index (χ0) is 35.8. The SMILES string of the molecule is C1=C(c2ccccc2)C(N(c2ccc(-c3ccccc3)cc2)c2ccc(-c3ccc(-n4c5ccccc5c5cc6ccccc6cc54)cc3)cc2)=CCC1. The van der Waals surface area contributed by atoms with Crippen LogP contribution in [0.4, 0.5) is 11.4 Å². The number of allylic oxidation sites excluding steroid dienone is 3. The molecule has 0 radical (unpaired) electrons. The molecule has 9 aromatic rings. The fourth-order valence-electron chi connectivity index (χ4n) is 8.16. The van der Waals surface area contributed by atoms with Crippen LogP contribution in [0.25, 0.3) is 66.1 Å². The van der Waals surface area contributed by atoms with E-state index in [-0.39, 0.29) is 0 Å². The lowest BCUT2D eigenvalue weighted by atomic mass is 9.94. The summed E-state index contributed by atoms with van der Waals surface area (Å²) in [5, 5.41) is 5.07. The van der Waals surface area contributed by atoms with Gasteiger partial charge in [-0.2, -0.15) is 0 Å². The van der Waals surface area contributed by atoms with Gasteiger partial charge >= 0.3 is 0 Å². The van der Waals surface area contributed by atoms with Crippen LogP contribution in [0.2, 0.25) is 0 Å². The number of hydrogen-bond donors (Lipinski definition) is 0. The van der Waals surface area contributed by atoms with Crippen LogP contribution < -0.4 is 4.90 Å². The fourth-order valence-corrected chi connectivity index (χ4v) is 8.16. The van der Waals surface area contributed by atoms with Crippen LogP contribution in [0, 0.1) is 0 Å². The maximum absolute atomic E-state index is 2.42. The highest BCUT2D eigenvalue weighted by atomic mass is 15.2. The van der Waals surface area contributed by atoms with Gasteiger partial charge in [-0.05, 0) is 106 Å². The molecule has 0 fully saturated rings. The minimum atomic E-state index is 1.01. The van der Waals surface area contributed by atoms with Crippen molar-refractivity contribution in [1.29, 1.82) is 0 Å². The number of anilines is 2. The smallest absolute Gasteiger partial charge is 0.0547 e. The first-order valence-electron chi connectivity index (χ1n) is 18.8. The summed E-state index contributed by atoms with van der Waals surface area (Å²) in [7, 11) is 0. The highest BCUT2D eigenvalue weighted by Crippen LogP contribution is 2.41. The minimum absolute atomic E-state index is 1.01. The molecule has 0 spiro atoms. The van der Waals surface area contributed by atoms with Crippen molar-refractivity contribution in [3.8, 4) is 27.9 Å². The normalized spacial score (nSPS) is 12.9. The molecule has 1 heterocycles. The summed E-state index contributed by atoms with van der Waals surface area (Å²) < 4.78 is 2.40. The number of para-hydroxylation sites is 1. The van der Waals surface area contributed by atoms with Gasteiger partial charge in [0.2, 0.25) is 0 Å². The van der Waals surface area contributed by atoms with Crippen molar-refractivity contribution in [3.05, 3.63) is 218 Å². The van der Waals surface area contributed by atoms with Gasteiger partial charge in [0, 0.05) is 39.1 Å². The average Bonchev–Trinajstić information content (AvgIpc) is 3.57. The lowest BCUT2D eigenvalue weighted by molar-refractivity contribution is 1.00. The maximum Gasteiger partial charge on any atom is 0.0547 e. The third-order valence-corrected chi connectivity index (χ3v) is 10.8. The molecule has 0 saturated carbocycles. The van der Waals surface area contributed by atoms with E-state index in [4.69, 9.17) is 0 Å². The van der Waals surface area contributed by atoms with Crippen molar-refractivity contribution < 1.29 is 0 Å². The summed E-state index contributed by atoms with van der Waals surface area (Å²) in [5.41, 5.74) is 14.4. The lowest BCUT2D eigenvalue weighted by Crippen LogP contribution is -2.19. The number of rotatable bonds is 7. The van der Waals surface area contributed by atoms with Gasteiger partial charge in [0.1, 0.15) is 0 Å². The van der Waals surface area contributed by atoms with E-state index in [0.29, 0.717) is 0 Å². The Balaban J connectivity index is 1.02. The third-order valence-electron chi connectivity index (χ3n) is 10.8. The average molecular weight is 691 g/mol. The highest BCUT2D eigenvalue weighted by Gasteiger charge is 2.22. The molecule has 2 nitrogen and oxygen atoms in total. The van der Waals surface area contributed by atoms with E-state index in [1.807, 2.05) is 0 Å². The van der Waals surface area contributed by atoms with Gasteiger partial charge in [-0.1, -0.05) is 152 Å². The first-order valence-corrected chi connectivity index (χ1v) is 18.8. The summed E-state index contributed by atoms with van der Waals surface area (Å²) in [4.78, 5) is 2.42. The highest BCUT2D eigenvalue weighted by molar-refractivity contribution is 6.13. The van der Waals surface area contributed by atoms with Crippen LogP contribution in [0.5, 0.6) is 0 Å². The molecule has 0 bridgehead atoms. The first-order chi connectivity index (χ1) is 26.8. The second-order valence-corrected chi connectivity index (χ2v) is 14.1.